The van der Waals surface area contributed by atoms with Crippen molar-refractivity contribution >= 4 is 46.0 Å². The number of anilines is 1. The van der Waals surface area contributed by atoms with Gasteiger partial charge in [-0.15, -0.1) is 10.2 Å². The molecule has 184 valence electrons. The Bertz CT molecular complexity index is 1480. The van der Waals surface area contributed by atoms with Crippen molar-refractivity contribution in [3.63, 3.8) is 0 Å². The third kappa shape index (κ3) is 5.37. The predicted octanol–water partition coefficient (Wildman–Crippen LogP) is 5.72. The fourth-order valence-electron chi connectivity index (χ4n) is 3.92. The first-order valence-corrected chi connectivity index (χ1v) is 13.3. The number of ketones is 1. The number of carbonyl (C=O) groups excluding carboxylic acids is 2. The van der Waals surface area contributed by atoms with Gasteiger partial charge in [-0.3, -0.25) is 19.5 Å². The smallest absolute Gasteiger partial charge is 0.296 e. The largest absolute Gasteiger partial charge is 0.503 e. The number of aromatic nitrogens is 3. The van der Waals surface area contributed by atoms with Crippen LogP contribution in [0.2, 0.25) is 0 Å². The Balaban J connectivity index is 1.43. The summed E-state index contributed by atoms with van der Waals surface area (Å²) < 4.78 is 0.677. The summed E-state index contributed by atoms with van der Waals surface area (Å²) in [5, 5.41) is 19.6. The molecule has 0 spiro atoms. The van der Waals surface area contributed by atoms with Crippen LogP contribution in [0.4, 0.5) is 5.13 Å². The summed E-state index contributed by atoms with van der Waals surface area (Å²) >= 11 is 2.75. The van der Waals surface area contributed by atoms with Gasteiger partial charge >= 0.3 is 0 Å². The lowest BCUT2D eigenvalue weighted by Gasteiger charge is -2.23. The van der Waals surface area contributed by atoms with Gasteiger partial charge in [0.1, 0.15) is 0 Å². The Hall–Kier alpha value is -4.08. The van der Waals surface area contributed by atoms with Crippen molar-refractivity contribution in [1.29, 1.82) is 0 Å². The quantitative estimate of drug-likeness (QED) is 0.178. The van der Waals surface area contributed by atoms with Crippen molar-refractivity contribution in [2.45, 2.75) is 23.1 Å². The van der Waals surface area contributed by atoms with Crippen LogP contribution in [-0.2, 0) is 15.3 Å². The Morgan fingerprint density at radius 3 is 2.59 bits per heavy atom. The summed E-state index contributed by atoms with van der Waals surface area (Å²) in [6.07, 6.45) is 6.20. The van der Waals surface area contributed by atoms with E-state index in [2.05, 4.69) is 39.4 Å². The van der Waals surface area contributed by atoms with Crippen molar-refractivity contribution in [1.82, 2.24) is 15.2 Å². The predicted molar refractivity (Wildman–Crippen MR) is 145 cm³/mol. The summed E-state index contributed by atoms with van der Waals surface area (Å²) in [4.78, 5) is 32.0. The van der Waals surface area contributed by atoms with Crippen LogP contribution in [-0.4, -0.2) is 32.0 Å². The Morgan fingerprint density at radius 1 is 1.08 bits per heavy atom. The second-order valence-electron chi connectivity index (χ2n) is 8.36. The van der Waals surface area contributed by atoms with Gasteiger partial charge < -0.3 is 5.11 Å². The molecule has 3 heterocycles. The summed E-state index contributed by atoms with van der Waals surface area (Å²) in [5.74, 6) is -1.06. The van der Waals surface area contributed by atoms with Gasteiger partial charge in [0.15, 0.2) is 15.9 Å². The molecule has 7 nitrogen and oxygen atoms in total. The van der Waals surface area contributed by atoms with Gasteiger partial charge in [0.25, 0.3) is 5.91 Å². The highest BCUT2D eigenvalue weighted by Gasteiger charge is 2.45. The number of hydrogen-bond acceptors (Lipinski definition) is 8. The van der Waals surface area contributed by atoms with Crippen LogP contribution in [0.5, 0.6) is 0 Å². The average molecular weight is 527 g/mol. The molecule has 1 aliphatic heterocycles. The molecule has 2 aromatic carbocycles. The first-order chi connectivity index (χ1) is 18.0. The number of aliphatic hydroxyl groups is 1. The lowest BCUT2D eigenvalue weighted by Crippen LogP contribution is -2.30. The number of rotatable bonds is 8. The molecule has 0 unspecified atom stereocenters. The van der Waals surface area contributed by atoms with Gasteiger partial charge in [-0.25, -0.2) is 0 Å². The Morgan fingerprint density at radius 2 is 1.86 bits per heavy atom. The van der Waals surface area contributed by atoms with Gasteiger partial charge in [-0.05, 0) is 35.8 Å². The van der Waals surface area contributed by atoms with Gasteiger partial charge in [0, 0.05) is 18.1 Å². The minimum Gasteiger partial charge on any atom is -0.503 e. The fraction of sp³-hybridized carbons (Fsp3) is 0.107. The normalized spacial score (nSPS) is 15.6. The van der Waals surface area contributed by atoms with E-state index < -0.39 is 23.5 Å². The first-order valence-electron chi connectivity index (χ1n) is 11.5. The van der Waals surface area contributed by atoms with Gasteiger partial charge in [0.05, 0.1) is 11.6 Å². The fourth-order valence-corrected chi connectivity index (χ4v) is 5.74. The molecule has 2 aromatic heterocycles. The summed E-state index contributed by atoms with van der Waals surface area (Å²) in [5.41, 5.74) is 3.73. The highest BCUT2D eigenvalue weighted by atomic mass is 32.2. The molecular weight excluding hydrogens is 504 g/mol. The number of aliphatic hydroxyl groups excluding tert-OH is 1. The van der Waals surface area contributed by atoms with Crippen LogP contribution in [0, 0.1) is 6.92 Å². The molecule has 1 atom stereocenters. The zero-order chi connectivity index (χ0) is 25.8. The van der Waals surface area contributed by atoms with Crippen LogP contribution in [0.1, 0.15) is 28.3 Å². The molecule has 37 heavy (non-hydrogen) atoms. The first kappa shape index (κ1) is 24.6. The third-order valence-electron chi connectivity index (χ3n) is 5.79. The number of carbonyl (C=O) groups is 2. The minimum absolute atomic E-state index is 0.0192. The van der Waals surface area contributed by atoms with E-state index in [0.717, 1.165) is 11.1 Å². The van der Waals surface area contributed by atoms with Crippen molar-refractivity contribution < 1.29 is 14.7 Å². The second kappa shape index (κ2) is 10.9. The highest BCUT2D eigenvalue weighted by Crippen LogP contribution is 2.43. The number of benzene rings is 2. The molecule has 0 bridgehead atoms. The third-order valence-corrected chi connectivity index (χ3v) is 7.91. The summed E-state index contributed by atoms with van der Waals surface area (Å²) in [6.45, 7) is 2.04. The summed E-state index contributed by atoms with van der Waals surface area (Å²) in [6, 6.07) is 20.2. The number of allylic oxidation sites excluding steroid dienone is 1. The lowest BCUT2D eigenvalue weighted by atomic mass is 9.97. The number of nitrogens with zero attached hydrogens (tertiary/aromatic N) is 4. The van der Waals surface area contributed by atoms with Crippen molar-refractivity contribution in [3.8, 4) is 0 Å². The van der Waals surface area contributed by atoms with E-state index in [1.807, 2.05) is 37.3 Å². The molecule has 4 aromatic rings. The van der Waals surface area contributed by atoms with Crippen LogP contribution in [0.15, 0.2) is 101 Å². The van der Waals surface area contributed by atoms with Crippen molar-refractivity contribution in [2.24, 2.45) is 0 Å². The molecular formula is C28H22N4O3S2. The maximum Gasteiger partial charge on any atom is 0.296 e. The molecule has 9 heteroatoms. The van der Waals surface area contributed by atoms with Crippen LogP contribution in [0.3, 0.4) is 0 Å². The van der Waals surface area contributed by atoms with E-state index in [1.165, 1.54) is 39.6 Å². The van der Waals surface area contributed by atoms with E-state index in [9.17, 15) is 14.7 Å². The van der Waals surface area contributed by atoms with Crippen molar-refractivity contribution in [2.75, 3.05) is 4.90 Å². The number of amides is 1. The maximum atomic E-state index is 13.3. The zero-order valence-electron chi connectivity index (χ0n) is 19.8. The number of pyridine rings is 1. The van der Waals surface area contributed by atoms with E-state index in [0.29, 0.717) is 20.8 Å². The van der Waals surface area contributed by atoms with Gasteiger partial charge in [-0.1, -0.05) is 95.4 Å². The van der Waals surface area contributed by atoms with Crippen molar-refractivity contribution in [3.05, 3.63) is 119 Å². The molecule has 0 aliphatic carbocycles. The molecule has 1 amide bonds. The molecule has 1 N–H and O–H groups in total. The van der Waals surface area contributed by atoms with Crippen LogP contribution < -0.4 is 4.90 Å². The second-order valence-corrected chi connectivity index (χ2v) is 10.5. The SMILES string of the molecule is Cc1ccc(CSc2nnc(N3C(=O)C(O)=C(C(=O)/C=C/c4ccccc4)[C@@H]3c3cccnc3)s2)cc1. The van der Waals surface area contributed by atoms with Crippen LogP contribution in [0.25, 0.3) is 6.08 Å². The maximum absolute atomic E-state index is 13.3. The van der Waals surface area contributed by atoms with E-state index in [-0.39, 0.29) is 5.57 Å². The number of aryl methyl sites for hydroxylation is 1. The number of hydrogen-bond donors (Lipinski definition) is 1. The molecule has 0 fully saturated rings. The molecule has 0 radical (unpaired) electrons. The van der Waals surface area contributed by atoms with Crippen LogP contribution >= 0.6 is 23.1 Å². The Kier molecular flexibility index (Phi) is 7.25. The lowest BCUT2D eigenvalue weighted by molar-refractivity contribution is -0.117. The van der Waals surface area contributed by atoms with E-state index >= 15 is 0 Å². The Labute approximate surface area is 222 Å². The van der Waals surface area contributed by atoms with Gasteiger partial charge in [-0.2, -0.15) is 0 Å². The zero-order valence-corrected chi connectivity index (χ0v) is 21.4. The van der Waals surface area contributed by atoms with E-state index in [1.54, 1.807) is 30.6 Å². The average Bonchev–Trinajstić information content (AvgIpc) is 3.50. The molecule has 0 saturated carbocycles. The highest BCUT2D eigenvalue weighted by molar-refractivity contribution is 8.00. The summed E-state index contributed by atoms with van der Waals surface area (Å²) in [7, 11) is 0. The topological polar surface area (TPSA) is 96.3 Å². The van der Waals surface area contributed by atoms with E-state index in [4.69, 9.17) is 0 Å². The molecule has 0 saturated heterocycles. The van der Waals surface area contributed by atoms with Gasteiger partial charge in [0.2, 0.25) is 5.13 Å². The monoisotopic (exact) mass is 526 g/mol. The standard InChI is InChI=1S/C28H22N4O3S2/c1-18-9-11-20(12-10-18)17-36-28-31-30-27(37-28)32-24(21-8-5-15-29-16-21)23(25(34)26(32)35)22(33)14-13-19-6-3-2-4-7-19/h2-16,24,34H,17H2,1H3/b14-13+/t24-/m0/s1. The number of thioether (sulfide) groups is 1. The minimum atomic E-state index is -0.878. The molecule has 5 rings (SSSR count). The molecule has 1 aliphatic rings.